The second-order valence-corrected chi connectivity index (χ2v) is 40.1. The molecule has 2 amide bonds. The van der Waals surface area contributed by atoms with E-state index in [1.54, 1.807) is 54.3 Å². The fraction of sp³-hybridized carbons (Fsp3) is 0.645. The van der Waals surface area contributed by atoms with Gasteiger partial charge in [0.15, 0.2) is 17.5 Å². The number of nitrogens with zero attached hydrogens (tertiary/aromatic N) is 21. The lowest BCUT2D eigenvalue weighted by Gasteiger charge is -2.20. The van der Waals surface area contributed by atoms with Crippen molar-refractivity contribution in [3.05, 3.63) is 170 Å². The first kappa shape index (κ1) is 116. The Kier molecular flexibility index (Phi) is 55.5. The Morgan fingerprint density at radius 1 is 0.417 bits per heavy atom. The lowest BCUT2D eigenvalue weighted by molar-refractivity contribution is -0.129. The van der Waals surface area contributed by atoms with Gasteiger partial charge in [0.1, 0.15) is 43.3 Å². The first-order chi connectivity index (χ1) is 59.2. The Hall–Kier alpha value is -8.99. The minimum absolute atomic E-state index is 0.160. The molecule has 0 saturated carbocycles. The molecule has 3 aliphatic rings. The third kappa shape index (κ3) is 49.4. The first-order valence-electron chi connectivity index (χ1n) is 44.2. The van der Waals surface area contributed by atoms with Crippen LogP contribution in [0.25, 0.3) is 0 Å². The van der Waals surface area contributed by atoms with Crippen LogP contribution < -0.4 is 0 Å². The van der Waals surface area contributed by atoms with Crippen LogP contribution in [0.5, 0.6) is 0 Å². The Morgan fingerprint density at radius 3 is 1.24 bits per heavy atom. The van der Waals surface area contributed by atoms with Gasteiger partial charge < -0.3 is 27.8 Å². The predicted octanol–water partition coefficient (Wildman–Crippen LogP) is 25.3. The number of allylic oxidation sites excluding steroid dienone is 1. The molecule has 0 bridgehead atoms. The number of carbonyl (C=O) groups is 2. The van der Waals surface area contributed by atoms with Crippen LogP contribution in [-0.4, -0.2) is 151 Å². The van der Waals surface area contributed by atoms with E-state index in [-0.39, 0.29) is 5.91 Å². The highest BCUT2D eigenvalue weighted by Gasteiger charge is 2.23. The summed E-state index contributed by atoms with van der Waals surface area (Å²) in [6.07, 6.45) is 6.59. The van der Waals surface area contributed by atoms with Crippen LogP contribution in [0.15, 0.2) is 70.7 Å². The molecule has 0 aliphatic carbocycles. The Labute approximate surface area is 780 Å². The van der Waals surface area contributed by atoms with E-state index >= 15 is 0 Å². The molecule has 11 aromatic rings. The molecule has 0 unspecified atom stereocenters. The van der Waals surface area contributed by atoms with E-state index in [4.69, 9.17) is 18.0 Å². The minimum atomic E-state index is 0.160. The van der Waals surface area contributed by atoms with Crippen molar-refractivity contribution >= 4 is 75.0 Å². The molecule has 29 nitrogen and oxygen atoms in total. The maximum Gasteiger partial charge on any atom is 0.247 e. The number of hydrogen-bond acceptors (Lipinski definition) is 30. The topological polar surface area (TPSA) is 369 Å². The highest BCUT2D eigenvalue weighted by molar-refractivity contribution is 7.11. The third-order valence-electron chi connectivity index (χ3n) is 17.4. The van der Waals surface area contributed by atoms with Gasteiger partial charge in [-0.15, -0.1) is 31.7 Å². The average molecular weight is 1850 g/mol. The van der Waals surface area contributed by atoms with Gasteiger partial charge in [0.05, 0.1) is 22.8 Å². The van der Waals surface area contributed by atoms with Crippen LogP contribution in [0.1, 0.15) is 415 Å². The van der Waals surface area contributed by atoms with Crippen LogP contribution in [0.3, 0.4) is 0 Å². The van der Waals surface area contributed by atoms with Gasteiger partial charge in [0.2, 0.25) is 35.4 Å². The molecule has 11 aromatic heterocycles. The molecule has 0 atom stereocenters. The molecule has 14 heterocycles. The highest BCUT2D eigenvalue weighted by Crippen LogP contribution is 2.24. The lowest BCUT2D eigenvalue weighted by atomic mass is 10.0. The van der Waals surface area contributed by atoms with Crippen molar-refractivity contribution in [1.29, 1.82) is 0 Å². The summed E-state index contributed by atoms with van der Waals surface area (Å²) in [6, 6.07) is 9.07. The van der Waals surface area contributed by atoms with Crippen LogP contribution in [0, 0.1) is 82.1 Å². The van der Waals surface area contributed by atoms with Gasteiger partial charge in [0.25, 0.3) is 0 Å². The van der Waals surface area contributed by atoms with Gasteiger partial charge in [-0.1, -0.05) is 182 Å². The van der Waals surface area contributed by atoms with Crippen molar-refractivity contribution in [3.8, 4) is 0 Å². The SMILES string of the molecule is CC(C)N1CCCC1=O.CC1=CC(=O)N(C(C)C)C1.CC1=CN=C(C(C)C)C1.Cc1cc(C(C)C)n[nH]1.Cc1cc(C(C)C)no1.Cc1cc(C(C)C)ns1.Cc1cc(C(C)C)sn1.Cc1nc(C(C)C)n[nH]1.Cc1nc(C(C)C)no1.Cc1nc(C(C)C)ns1.Cc1nnc(C(C)C)o1.Cc1nnc(C(C)C)s1.Cc1noc(C(C)C)n1.Cc1nsc(C(C)C)n1. The number of carbonyl (C=O) groups excluding carboxylic acids is 2. The standard InChI is InChI=1S/C8H13NO.C8H13N.C7H12N2.C7H11NO.C7H13NO.2C7H11NS.C6H11N3.3C6H10N2O.3C6H10N2S/c1-6(2)9-5-7(3)4-8(9)10;1-6(2)8-4-7(3)5-9-8;1-5(2)7-4-6(3)8-9-7;1-5(2)7-4-6(3)9-8-7;1-6(2)8-5-3-4-7(8)9;1-5(2)7-4-6(3)9-8-7;1-5(2)7-4-6(3)8-9-7;1-4(2)6-7-5(3)8-9-6;1-4(2)6-8-7-5(3)9-6;1-4(2)6-7-5(3)9-8-6;1-4(2)6-7-5(3)8-9-6;1-4(2)6-8-7-5(3)9-6;1-4(2)6-7-5(3)9-8-6;1-4(2)6-7-5(3)8-9-6/h4,6H,5H2,1-3H3;5-6H,4H2,1-3H3;4-5H,1-3H3,(H,8,9);4-5H,1-3H3;6H,3-5H2,1-2H3;2*4-5H,1-3H3;4H,1-3H3,(H,7,8,9);6*4H,1-3H3. The van der Waals surface area contributed by atoms with Gasteiger partial charge in [-0.25, -0.2) is 15.0 Å². The van der Waals surface area contributed by atoms with Gasteiger partial charge in [0, 0.05) is 133 Å². The summed E-state index contributed by atoms with van der Waals surface area (Å²) < 4.78 is 36.3. The highest BCUT2D eigenvalue weighted by atomic mass is 32.1. The number of likely N-dealkylation sites (tertiary alicyclic amines) is 1. The number of aromatic amines is 2. The van der Waals surface area contributed by atoms with Gasteiger partial charge in [-0.3, -0.25) is 24.8 Å². The number of hydrogen-bond donors (Lipinski definition) is 2. The summed E-state index contributed by atoms with van der Waals surface area (Å²) in [5.41, 5.74) is 9.56. The van der Waals surface area contributed by atoms with Gasteiger partial charge in [-0.2, -0.15) is 37.7 Å². The summed E-state index contributed by atoms with van der Waals surface area (Å²) in [5.74, 6) is 15.0. The average Bonchev–Trinajstić information content (AvgIpc) is 1.73. The van der Waals surface area contributed by atoms with E-state index in [1.807, 2.05) is 140 Å². The molecule has 2 N–H and O–H groups in total. The number of amides is 2. The van der Waals surface area contributed by atoms with E-state index in [0.717, 1.165) is 110 Å². The Morgan fingerprint density at radius 2 is 1.02 bits per heavy atom. The lowest BCUT2D eigenvalue weighted by Crippen LogP contribution is -2.32. The molecule has 1 fully saturated rings. The van der Waals surface area contributed by atoms with Crippen LogP contribution in [0.4, 0.5) is 0 Å². The van der Waals surface area contributed by atoms with Crippen LogP contribution >= 0.6 is 57.5 Å². The van der Waals surface area contributed by atoms with Crippen LogP contribution in [-0.2, 0) is 9.59 Å². The smallest absolute Gasteiger partial charge is 0.247 e. The quantitative estimate of drug-likeness (QED) is 0.102. The third-order valence-corrected chi connectivity index (χ3v) is 22.2. The summed E-state index contributed by atoms with van der Waals surface area (Å²) in [6.45, 7) is 85.8. The van der Waals surface area contributed by atoms with Crippen LogP contribution in [0.2, 0.25) is 0 Å². The normalized spacial score (nSPS) is 12.5. The zero-order valence-corrected chi connectivity index (χ0v) is 88.5. The molecular weight excluding hydrogens is 1700 g/mol. The maximum atomic E-state index is 11.1. The van der Waals surface area contributed by atoms with E-state index in [1.165, 1.54) is 55.4 Å². The monoisotopic (exact) mass is 1850 g/mol. The number of rotatable bonds is 14. The zero-order chi connectivity index (χ0) is 96.8. The molecule has 1 saturated heterocycles. The van der Waals surface area contributed by atoms with E-state index in [0.29, 0.717) is 118 Å². The van der Waals surface area contributed by atoms with E-state index < -0.39 is 0 Å². The largest absolute Gasteiger partial charge is 0.425 e. The van der Waals surface area contributed by atoms with E-state index in [9.17, 15) is 9.59 Å². The van der Waals surface area contributed by atoms with E-state index in [2.05, 4.69) is 274 Å². The molecule has 34 heteroatoms. The second-order valence-electron chi connectivity index (χ2n) is 35.3. The Balaban J connectivity index is 0.000000684. The molecule has 127 heavy (non-hydrogen) atoms. The summed E-state index contributed by atoms with van der Waals surface area (Å²) in [4.78, 5) is 53.4. The summed E-state index contributed by atoms with van der Waals surface area (Å²) >= 11 is 7.83. The summed E-state index contributed by atoms with van der Waals surface area (Å²) in [5, 5.41) is 44.8. The predicted molar refractivity (Wildman–Crippen MR) is 523 cm³/mol. The molecule has 0 aromatic carbocycles. The fourth-order valence-corrected chi connectivity index (χ4v) is 13.3. The molecule has 0 radical (unpaired) electrons. The molecular formula is C93H155N23O6S5. The maximum absolute atomic E-state index is 11.1. The van der Waals surface area contributed by atoms with Crippen molar-refractivity contribution in [2.24, 2.45) is 10.9 Å². The van der Waals surface area contributed by atoms with Crippen molar-refractivity contribution in [2.75, 3.05) is 13.1 Å². The molecule has 708 valence electrons. The van der Waals surface area contributed by atoms with Crippen molar-refractivity contribution in [1.82, 2.24) is 108 Å². The summed E-state index contributed by atoms with van der Waals surface area (Å²) in [7, 11) is 0. The molecule has 14 rings (SSSR count). The van der Waals surface area contributed by atoms with Crippen molar-refractivity contribution in [3.63, 3.8) is 0 Å². The zero-order valence-electron chi connectivity index (χ0n) is 84.5. The van der Waals surface area contributed by atoms with Crippen molar-refractivity contribution in [2.45, 2.75) is 380 Å². The molecule has 0 spiro atoms. The fourth-order valence-electron chi connectivity index (χ4n) is 9.87. The number of aliphatic imine (C=N–C) groups is 1. The molecule has 3 aliphatic heterocycles. The van der Waals surface area contributed by atoms with Gasteiger partial charge >= 0.3 is 0 Å². The Bertz CT molecular complexity index is 4020. The minimum Gasteiger partial charge on any atom is -0.425 e. The first-order valence-corrected chi connectivity index (χ1v) is 48.1. The van der Waals surface area contributed by atoms with Crippen molar-refractivity contribution < 1.29 is 27.6 Å². The van der Waals surface area contributed by atoms with Gasteiger partial charge in [-0.05, 0) is 215 Å². The number of aryl methyl sites for hydroxylation is 11. The number of H-pyrrole nitrogens is 2. The number of aromatic nitrogens is 20. The second kappa shape index (κ2) is 60.7. The number of nitrogens with one attached hydrogen (secondary N) is 2.